The van der Waals surface area contributed by atoms with Crippen molar-refractivity contribution in [3.8, 4) is 0 Å². The van der Waals surface area contributed by atoms with Gasteiger partial charge < -0.3 is 19.9 Å². The summed E-state index contributed by atoms with van der Waals surface area (Å²) >= 11 is 0. The summed E-state index contributed by atoms with van der Waals surface area (Å²) < 4.78 is 15.7. The quantitative estimate of drug-likeness (QED) is 0.558. The first kappa shape index (κ1) is 14.8. The highest BCUT2D eigenvalue weighted by Gasteiger charge is 2.14. The van der Waals surface area contributed by atoms with Crippen LogP contribution in [0.5, 0.6) is 0 Å². The molecule has 0 fully saturated rings. The Kier molecular flexibility index (Phi) is 9.00. The highest BCUT2D eigenvalue weighted by atomic mass is 16.5. The molecule has 0 atom stereocenters. The number of nitrogens with two attached hydrogens (primary N) is 1. The Hall–Kier alpha value is -0.160. The maximum absolute atomic E-state index is 5.58. The fraction of sp³-hybridized carbons (Fsp3) is 1.00. The molecule has 0 saturated heterocycles. The van der Waals surface area contributed by atoms with Gasteiger partial charge in [0.1, 0.15) is 0 Å². The number of hydrogen-bond acceptors (Lipinski definition) is 4. The molecule has 0 radical (unpaired) electrons. The van der Waals surface area contributed by atoms with Gasteiger partial charge in [-0.1, -0.05) is 13.8 Å². The summed E-state index contributed by atoms with van der Waals surface area (Å²) in [6.07, 6.45) is 0.935. The van der Waals surface area contributed by atoms with Crippen molar-refractivity contribution in [1.29, 1.82) is 0 Å². The van der Waals surface area contributed by atoms with Crippen LogP contribution in [0.3, 0.4) is 0 Å². The van der Waals surface area contributed by atoms with Crippen molar-refractivity contribution in [1.82, 2.24) is 0 Å². The lowest BCUT2D eigenvalue weighted by atomic mass is 9.95. The molecule has 15 heavy (non-hydrogen) atoms. The molecule has 0 heterocycles. The highest BCUT2D eigenvalue weighted by molar-refractivity contribution is 4.67. The molecule has 2 N–H and O–H groups in total. The van der Waals surface area contributed by atoms with Crippen molar-refractivity contribution in [2.24, 2.45) is 11.1 Å². The Balaban J connectivity index is 3.11. The molecule has 0 rings (SSSR count). The topological polar surface area (TPSA) is 53.7 Å². The van der Waals surface area contributed by atoms with Gasteiger partial charge in [0.25, 0.3) is 0 Å². The molecule has 0 aromatic rings. The SMILES string of the molecule is COCCCOCCOCC(C)(C)CN. The van der Waals surface area contributed by atoms with Crippen LogP contribution in [0.4, 0.5) is 0 Å². The van der Waals surface area contributed by atoms with Crippen LogP contribution in [0.25, 0.3) is 0 Å². The van der Waals surface area contributed by atoms with Crippen LogP contribution < -0.4 is 5.73 Å². The lowest BCUT2D eigenvalue weighted by Crippen LogP contribution is -2.29. The predicted octanol–water partition coefficient (Wildman–Crippen LogP) is 1.04. The molecule has 0 saturated carbocycles. The van der Waals surface area contributed by atoms with Gasteiger partial charge in [0, 0.05) is 25.7 Å². The Bertz CT molecular complexity index is 140. The highest BCUT2D eigenvalue weighted by Crippen LogP contribution is 2.12. The third kappa shape index (κ3) is 10.1. The van der Waals surface area contributed by atoms with Crippen LogP contribution in [0.1, 0.15) is 20.3 Å². The van der Waals surface area contributed by atoms with E-state index in [1.165, 1.54) is 0 Å². The van der Waals surface area contributed by atoms with Gasteiger partial charge in [0.2, 0.25) is 0 Å². The second kappa shape index (κ2) is 9.09. The zero-order valence-corrected chi connectivity index (χ0v) is 10.3. The number of methoxy groups -OCH3 is 1. The van der Waals surface area contributed by atoms with E-state index in [1.54, 1.807) is 7.11 Å². The number of ether oxygens (including phenoxy) is 3. The van der Waals surface area contributed by atoms with Gasteiger partial charge in [-0.05, 0) is 13.0 Å². The monoisotopic (exact) mass is 219 g/mol. The average molecular weight is 219 g/mol. The summed E-state index contributed by atoms with van der Waals surface area (Å²) in [5.74, 6) is 0. The summed E-state index contributed by atoms with van der Waals surface area (Å²) in [4.78, 5) is 0. The molecule has 0 spiro atoms. The largest absolute Gasteiger partial charge is 0.385 e. The molecule has 0 aliphatic carbocycles. The number of rotatable bonds is 10. The molecule has 0 aliphatic heterocycles. The first-order valence-electron chi connectivity index (χ1n) is 5.47. The fourth-order valence-electron chi connectivity index (χ4n) is 0.933. The third-order valence-electron chi connectivity index (χ3n) is 2.05. The Morgan fingerprint density at radius 2 is 1.67 bits per heavy atom. The molecule has 4 nitrogen and oxygen atoms in total. The van der Waals surface area contributed by atoms with Crippen molar-refractivity contribution in [3.05, 3.63) is 0 Å². The van der Waals surface area contributed by atoms with Crippen LogP contribution in [0.15, 0.2) is 0 Å². The van der Waals surface area contributed by atoms with Crippen LogP contribution in [-0.2, 0) is 14.2 Å². The van der Waals surface area contributed by atoms with E-state index in [4.69, 9.17) is 19.9 Å². The van der Waals surface area contributed by atoms with Gasteiger partial charge >= 0.3 is 0 Å². The van der Waals surface area contributed by atoms with E-state index in [-0.39, 0.29) is 5.41 Å². The lowest BCUT2D eigenvalue weighted by Gasteiger charge is -2.21. The number of hydrogen-bond donors (Lipinski definition) is 1. The summed E-state index contributed by atoms with van der Waals surface area (Å²) in [5.41, 5.74) is 5.64. The zero-order chi connectivity index (χ0) is 11.6. The third-order valence-corrected chi connectivity index (χ3v) is 2.05. The van der Waals surface area contributed by atoms with Gasteiger partial charge in [-0.25, -0.2) is 0 Å². The summed E-state index contributed by atoms with van der Waals surface area (Å²) in [6, 6.07) is 0. The van der Waals surface area contributed by atoms with E-state index in [9.17, 15) is 0 Å². The zero-order valence-electron chi connectivity index (χ0n) is 10.3. The van der Waals surface area contributed by atoms with E-state index in [0.29, 0.717) is 26.4 Å². The van der Waals surface area contributed by atoms with Crippen molar-refractivity contribution < 1.29 is 14.2 Å². The van der Waals surface area contributed by atoms with Crippen molar-refractivity contribution in [3.63, 3.8) is 0 Å². The fourth-order valence-corrected chi connectivity index (χ4v) is 0.933. The Labute approximate surface area is 93.1 Å². The maximum Gasteiger partial charge on any atom is 0.0700 e. The molecule has 0 aliphatic rings. The second-order valence-corrected chi connectivity index (χ2v) is 4.38. The maximum atomic E-state index is 5.58. The second-order valence-electron chi connectivity index (χ2n) is 4.38. The summed E-state index contributed by atoms with van der Waals surface area (Å²) in [7, 11) is 1.69. The minimum absolute atomic E-state index is 0.0655. The van der Waals surface area contributed by atoms with E-state index in [1.807, 2.05) is 0 Å². The minimum atomic E-state index is 0.0655. The summed E-state index contributed by atoms with van der Waals surface area (Å²) in [5, 5.41) is 0. The van der Waals surface area contributed by atoms with Gasteiger partial charge in [-0.3, -0.25) is 0 Å². The van der Waals surface area contributed by atoms with Crippen molar-refractivity contribution >= 4 is 0 Å². The molecule has 0 aromatic carbocycles. The van der Waals surface area contributed by atoms with Crippen molar-refractivity contribution in [2.75, 3.05) is 46.7 Å². The first-order valence-corrected chi connectivity index (χ1v) is 5.47. The molecule has 0 aromatic heterocycles. The molecule has 4 heteroatoms. The normalized spacial score (nSPS) is 12.0. The molecule has 0 unspecified atom stereocenters. The average Bonchev–Trinajstić information content (AvgIpc) is 2.22. The molecule has 0 amide bonds. The van der Waals surface area contributed by atoms with Crippen LogP contribution >= 0.6 is 0 Å². The molecular formula is C11H25NO3. The van der Waals surface area contributed by atoms with Gasteiger partial charge in [0.15, 0.2) is 0 Å². The molecular weight excluding hydrogens is 194 g/mol. The van der Waals surface area contributed by atoms with Gasteiger partial charge in [-0.2, -0.15) is 0 Å². The van der Waals surface area contributed by atoms with Crippen LogP contribution in [0.2, 0.25) is 0 Å². The molecule has 0 bridgehead atoms. The van der Waals surface area contributed by atoms with Gasteiger partial charge in [-0.15, -0.1) is 0 Å². The standard InChI is InChI=1S/C11H25NO3/c1-11(2,9-12)10-15-8-7-14-6-4-5-13-3/h4-10,12H2,1-3H3. The van der Waals surface area contributed by atoms with Gasteiger partial charge in [0.05, 0.1) is 19.8 Å². The Morgan fingerprint density at radius 3 is 2.27 bits per heavy atom. The minimum Gasteiger partial charge on any atom is -0.385 e. The smallest absolute Gasteiger partial charge is 0.0700 e. The Morgan fingerprint density at radius 1 is 1.00 bits per heavy atom. The van der Waals surface area contributed by atoms with E-state index >= 15 is 0 Å². The molecule has 92 valence electrons. The first-order chi connectivity index (χ1) is 7.12. The van der Waals surface area contributed by atoms with E-state index < -0.39 is 0 Å². The van der Waals surface area contributed by atoms with Crippen LogP contribution in [0, 0.1) is 5.41 Å². The lowest BCUT2D eigenvalue weighted by molar-refractivity contribution is 0.0131. The van der Waals surface area contributed by atoms with Crippen LogP contribution in [-0.4, -0.2) is 46.7 Å². The van der Waals surface area contributed by atoms with Crippen molar-refractivity contribution in [2.45, 2.75) is 20.3 Å². The van der Waals surface area contributed by atoms with E-state index in [0.717, 1.165) is 19.6 Å². The predicted molar refractivity (Wildman–Crippen MR) is 61.0 cm³/mol. The summed E-state index contributed by atoms with van der Waals surface area (Å²) in [6.45, 7) is 8.27. The van der Waals surface area contributed by atoms with E-state index in [2.05, 4.69) is 13.8 Å².